The van der Waals surface area contributed by atoms with Crippen molar-refractivity contribution in [2.24, 2.45) is 0 Å². The molecule has 2 aliphatic heterocycles. The lowest BCUT2D eigenvalue weighted by molar-refractivity contribution is -0.121. The third kappa shape index (κ3) is 1.81. The van der Waals surface area contributed by atoms with E-state index in [1.165, 1.54) is 23.1 Å². The number of fused-ring (bicyclic) bond motifs is 2. The molecule has 5 nitrogen and oxygen atoms in total. The van der Waals surface area contributed by atoms with Crippen molar-refractivity contribution in [2.45, 2.75) is 29.6 Å². The van der Waals surface area contributed by atoms with Crippen LogP contribution in [-0.4, -0.2) is 40.5 Å². The Morgan fingerprint density at radius 1 is 1.44 bits per heavy atom. The minimum atomic E-state index is -0.314. The molecule has 0 bridgehead atoms. The van der Waals surface area contributed by atoms with Crippen molar-refractivity contribution < 1.29 is 9.59 Å². The van der Waals surface area contributed by atoms with Gasteiger partial charge >= 0.3 is 0 Å². The first kappa shape index (κ1) is 12.0. The molecule has 2 amide bonds. The molecule has 1 saturated heterocycles. The Hall–Kier alpha value is -1.08. The van der Waals surface area contributed by atoms with E-state index in [2.05, 4.69) is 10.3 Å². The molecule has 18 heavy (non-hydrogen) atoms. The van der Waals surface area contributed by atoms with Crippen molar-refractivity contribution in [3.63, 3.8) is 0 Å². The van der Waals surface area contributed by atoms with Gasteiger partial charge in [-0.3, -0.25) is 9.59 Å². The fourth-order valence-corrected chi connectivity index (χ4v) is 3.87. The maximum atomic E-state index is 12.4. The largest absolute Gasteiger partial charge is 0.326 e. The first-order valence-corrected chi connectivity index (χ1v) is 7.91. The molecule has 0 radical (unpaired) electrons. The quantitative estimate of drug-likeness (QED) is 0.799. The highest BCUT2D eigenvalue weighted by Gasteiger charge is 2.38. The maximum Gasteiger partial charge on any atom is 0.268 e. The Morgan fingerprint density at radius 3 is 3.06 bits per heavy atom. The molecule has 1 unspecified atom stereocenters. The summed E-state index contributed by atoms with van der Waals surface area (Å²) in [5.41, 5.74) is 0. The van der Waals surface area contributed by atoms with Crippen LogP contribution >= 0.6 is 23.1 Å². The first-order chi connectivity index (χ1) is 8.70. The predicted octanol–water partition coefficient (Wildman–Crippen LogP) is 1.81. The van der Waals surface area contributed by atoms with E-state index in [0.29, 0.717) is 17.2 Å². The van der Waals surface area contributed by atoms with Gasteiger partial charge in [-0.05, 0) is 25.5 Å². The van der Waals surface area contributed by atoms with E-state index in [4.69, 9.17) is 0 Å². The zero-order valence-electron chi connectivity index (χ0n) is 9.93. The smallest absolute Gasteiger partial charge is 0.268 e. The molecule has 1 aromatic rings. The number of carbonyl (C=O) groups is 2. The molecule has 3 rings (SSSR count). The number of anilines is 1. The topological polar surface area (TPSA) is 62.3 Å². The number of rotatable bonds is 1. The summed E-state index contributed by atoms with van der Waals surface area (Å²) in [6.45, 7) is 0.670. The van der Waals surface area contributed by atoms with Crippen molar-refractivity contribution in [2.75, 3.05) is 18.1 Å². The molecular weight excluding hydrogens is 270 g/mol. The summed E-state index contributed by atoms with van der Waals surface area (Å²) >= 11 is 2.85. The maximum absolute atomic E-state index is 12.4. The predicted molar refractivity (Wildman–Crippen MR) is 71.2 cm³/mol. The van der Waals surface area contributed by atoms with Gasteiger partial charge in [0.15, 0.2) is 10.2 Å². The fourth-order valence-electron chi connectivity index (χ4n) is 2.40. The molecule has 7 heteroatoms. The summed E-state index contributed by atoms with van der Waals surface area (Å²) in [6.07, 6.45) is 4.63. The van der Waals surface area contributed by atoms with E-state index in [9.17, 15) is 9.59 Å². The molecule has 2 aliphatic rings. The van der Waals surface area contributed by atoms with Crippen LogP contribution in [0.5, 0.6) is 0 Å². The number of piperidine rings is 1. The highest BCUT2D eigenvalue weighted by atomic mass is 32.2. The van der Waals surface area contributed by atoms with E-state index in [1.807, 2.05) is 6.26 Å². The van der Waals surface area contributed by atoms with E-state index in [0.717, 1.165) is 23.6 Å². The number of hydrogen-bond acceptors (Lipinski definition) is 5. The summed E-state index contributed by atoms with van der Waals surface area (Å²) in [5.74, 6) is 0.291. The Morgan fingerprint density at radius 2 is 2.28 bits per heavy atom. The van der Waals surface area contributed by atoms with E-state index < -0.39 is 0 Å². The Kier molecular flexibility index (Phi) is 3.03. The number of amides is 2. The second kappa shape index (κ2) is 4.55. The zero-order valence-corrected chi connectivity index (χ0v) is 11.6. The SMILES string of the molecule is CSc1nc2c(s1)C(=O)N1CCCCC1C(=O)N2. The van der Waals surface area contributed by atoms with E-state index in [-0.39, 0.29) is 17.9 Å². The lowest BCUT2D eigenvalue weighted by Crippen LogP contribution is -2.47. The third-order valence-corrected chi connectivity index (χ3v) is 5.31. The van der Waals surface area contributed by atoms with Gasteiger partial charge in [0.25, 0.3) is 5.91 Å². The van der Waals surface area contributed by atoms with Gasteiger partial charge in [-0.25, -0.2) is 4.98 Å². The standard InChI is InChI=1S/C11H13N3O2S2/c1-17-11-13-8-7(18-11)10(16)14-5-3-2-4-6(14)9(15)12-8/h6H,2-5H2,1H3,(H,12,15). The zero-order chi connectivity index (χ0) is 12.7. The van der Waals surface area contributed by atoms with Crippen LogP contribution in [0.2, 0.25) is 0 Å². The number of thiazole rings is 1. The second-order valence-electron chi connectivity index (χ2n) is 4.36. The summed E-state index contributed by atoms with van der Waals surface area (Å²) in [4.78, 5) is 31.1. The van der Waals surface area contributed by atoms with Crippen molar-refractivity contribution in [1.82, 2.24) is 9.88 Å². The van der Waals surface area contributed by atoms with Gasteiger partial charge in [0.2, 0.25) is 5.91 Å². The Balaban J connectivity index is 2.03. The summed E-state index contributed by atoms with van der Waals surface area (Å²) in [7, 11) is 0. The van der Waals surface area contributed by atoms with Crippen LogP contribution in [0.1, 0.15) is 28.9 Å². The molecule has 0 aromatic carbocycles. The number of nitrogens with one attached hydrogen (secondary N) is 1. The van der Waals surface area contributed by atoms with Crippen LogP contribution in [0.3, 0.4) is 0 Å². The number of carbonyl (C=O) groups excluding carboxylic acids is 2. The highest BCUT2D eigenvalue weighted by molar-refractivity contribution is 8.00. The van der Waals surface area contributed by atoms with Crippen molar-refractivity contribution in [3.05, 3.63) is 4.88 Å². The molecule has 1 atom stereocenters. The van der Waals surface area contributed by atoms with Gasteiger partial charge in [-0.2, -0.15) is 0 Å². The van der Waals surface area contributed by atoms with Gasteiger partial charge in [0.1, 0.15) is 10.9 Å². The van der Waals surface area contributed by atoms with Crippen LogP contribution in [0.25, 0.3) is 0 Å². The fraction of sp³-hybridized carbons (Fsp3) is 0.545. The van der Waals surface area contributed by atoms with Crippen LogP contribution in [0.15, 0.2) is 4.34 Å². The van der Waals surface area contributed by atoms with Crippen molar-refractivity contribution >= 4 is 40.7 Å². The summed E-state index contributed by atoms with van der Waals surface area (Å²) in [5, 5.41) is 2.79. The minimum Gasteiger partial charge on any atom is -0.326 e. The van der Waals surface area contributed by atoms with E-state index >= 15 is 0 Å². The van der Waals surface area contributed by atoms with Gasteiger partial charge < -0.3 is 10.2 Å². The normalized spacial score (nSPS) is 23.2. The molecule has 1 aromatic heterocycles. The first-order valence-electron chi connectivity index (χ1n) is 5.87. The number of nitrogens with zero attached hydrogens (tertiary/aromatic N) is 2. The van der Waals surface area contributed by atoms with Crippen LogP contribution in [0.4, 0.5) is 5.82 Å². The summed E-state index contributed by atoms with van der Waals surface area (Å²) < 4.78 is 0.809. The molecular formula is C11H13N3O2S2. The third-order valence-electron chi connectivity index (χ3n) is 3.28. The number of aromatic nitrogens is 1. The lowest BCUT2D eigenvalue weighted by atomic mass is 10.0. The van der Waals surface area contributed by atoms with Gasteiger partial charge in [0.05, 0.1) is 0 Å². The van der Waals surface area contributed by atoms with Crippen LogP contribution in [-0.2, 0) is 4.79 Å². The molecule has 1 fully saturated rings. The van der Waals surface area contributed by atoms with Crippen molar-refractivity contribution in [1.29, 1.82) is 0 Å². The van der Waals surface area contributed by atoms with E-state index in [1.54, 1.807) is 4.90 Å². The van der Waals surface area contributed by atoms with Gasteiger partial charge in [0, 0.05) is 6.54 Å². The Labute approximate surface area is 113 Å². The minimum absolute atomic E-state index is 0.0501. The van der Waals surface area contributed by atoms with Gasteiger partial charge in [-0.15, -0.1) is 11.3 Å². The van der Waals surface area contributed by atoms with Crippen molar-refractivity contribution in [3.8, 4) is 0 Å². The molecule has 0 aliphatic carbocycles. The Bertz CT molecular complexity index is 514. The lowest BCUT2D eigenvalue weighted by Gasteiger charge is -2.32. The monoisotopic (exact) mass is 283 g/mol. The average molecular weight is 283 g/mol. The number of hydrogen-bond donors (Lipinski definition) is 1. The van der Waals surface area contributed by atoms with Crippen LogP contribution in [0, 0.1) is 0 Å². The number of thioether (sulfide) groups is 1. The second-order valence-corrected chi connectivity index (χ2v) is 6.41. The molecule has 96 valence electrons. The molecule has 0 spiro atoms. The molecule has 3 heterocycles. The highest BCUT2D eigenvalue weighted by Crippen LogP contribution is 2.34. The average Bonchev–Trinajstić information content (AvgIpc) is 2.77. The molecule has 1 N–H and O–H groups in total. The summed E-state index contributed by atoms with van der Waals surface area (Å²) in [6, 6.07) is -0.314. The van der Waals surface area contributed by atoms with Gasteiger partial charge in [-0.1, -0.05) is 11.8 Å². The molecule has 0 saturated carbocycles. The van der Waals surface area contributed by atoms with Crippen LogP contribution < -0.4 is 5.32 Å².